The molecule has 1 aromatic rings. The zero-order valence-corrected chi connectivity index (χ0v) is 13.4. The molecule has 0 aromatic heterocycles. The Balaban J connectivity index is 2.16. The van der Waals surface area contributed by atoms with Gasteiger partial charge < -0.3 is 4.74 Å². The maximum Gasteiger partial charge on any atom is 0.241 e. The van der Waals surface area contributed by atoms with E-state index in [-0.39, 0.29) is 16.5 Å². The van der Waals surface area contributed by atoms with Crippen LogP contribution in [0.15, 0.2) is 33.6 Å². The Morgan fingerprint density at radius 1 is 1.37 bits per heavy atom. The molecule has 0 aliphatic carbocycles. The van der Waals surface area contributed by atoms with Crippen LogP contribution < -0.4 is 4.72 Å². The van der Waals surface area contributed by atoms with Crippen LogP contribution in [0.2, 0.25) is 0 Å². The topological polar surface area (TPSA) is 55.4 Å². The monoisotopic (exact) mass is 347 g/mol. The minimum atomic E-state index is -3.49. The number of rotatable bonds is 3. The van der Waals surface area contributed by atoms with Gasteiger partial charge in [0, 0.05) is 17.1 Å². The third kappa shape index (κ3) is 3.78. The van der Waals surface area contributed by atoms with Gasteiger partial charge in [0.25, 0.3) is 0 Å². The van der Waals surface area contributed by atoms with Crippen molar-refractivity contribution in [1.82, 2.24) is 4.72 Å². The van der Waals surface area contributed by atoms with E-state index in [1.807, 2.05) is 13.8 Å². The van der Waals surface area contributed by atoms with Gasteiger partial charge in [-0.25, -0.2) is 13.1 Å². The van der Waals surface area contributed by atoms with Gasteiger partial charge in [-0.1, -0.05) is 12.1 Å². The van der Waals surface area contributed by atoms with Gasteiger partial charge in [0.05, 0.1) is 10.5 Å². The Kier molecular flexibility index (Phi) is 4.35. The third-order valence-corrected chi connectivity index (χ3v) is 5.68. The molecule has 106 valence electrons. The Morgan fingerprint density at radius 3 is 2.68 bits per heavy atom. The maximum atomic E-state index is 12.4. The van der Waals surface area contributed by atoms with Crippen LogP contribution in [0.4, 0.5) is 0 Å². The third-order valence-electron chi connectivity index (χ3n) is 3.15. The van der Waals surface area contributed by atoms with Crippen LogP contribution in [-0.4, -0.2) is 26.7 Å². The van der Waals surface area contributed by atoms with Crippen molar-refractivity contribution in [2.75, 3.05) is 6.61 Å². The molecule has 0 spiro atoms. The van der Waals surface area contributed by atoms with Crippen LogP contribution in [-0.2, 0) is 14.8 Å². The first-order valence-electron chi connectivity index (χ1n) is 6.21. The second-order valence-electron chi connectivity index (χ2n) is 5.35. The Hall–Kier alpha value is -0.430. The summed E-state index contributed by atoms with van der Waals surface area (Å²) in [6.45, 7) is 4.54. The first kappa shape index (κ1) is 15.0. The summed E-state index contributed by atoms with van der Waals surface area (Å²) in [5, 5.41) is 0. The Bertz CT molecular complexity index is 557. The minimum absolute atomic E-state index is 0.0825. The van der Waals surface area contributed by atoms with Crippen molar-refractivity contribution < 1.29 is 13.2 Å². The summed E-state index contributed by atoms with van der Waals surface area (Å²) in [5.41, 5.74) is -0.278. The first-order valence-corrected chi connectivity index (χ1v) is 8.49. The van der Waals surface area contributed by atoms with Gasteiger partial charge in [0.2, 0.25) is 10.0 Å². The SMILES string of the molecule is CC1(C)CC(NS(=O)(=O)c2ccccc2Br)CCO1. The molecule has 6 heteroatoms. The normalized spacial score (nSPS) is 23.2. The average Bonchev–Trinajstić information content (AvgIpc) is 2.27. The minimum Gasteiger partial charge on any atom is -0.375 e. The molecule has 2 rings (SSSR count). The summed E-state index contributed by atoms with van der Waals surface area (Å²) in [6, 6.07) is 6.74. The molecule has 1 aliphatic rings. The number of hydrogen-bond acceptors (Lipinski definition) is 3. The number of ether oxygens (including phenoxy) is 1. The van der Waals surface area contributed by atoms with Crippen LogP contribution in [0, 0.1) is 0 Å². The van der Waals surface area contributed by atoms with Crippen molar-refractivity contribution in [1.29, 1.82) is 0 Å². The van der Waals surface area contributed by atoms with E-state index >= 15 is 0 Å². The van der Waals surface area contributed by atoms with Gasteiger partial charge in [0.15, 0.2) is 0 Å². The predicted molar refractivity (Wildman–Crippen MR) is 77.5 cm³/mol. The summed E-state index contributed by atoms with van der Waals surface area (Å²) < 4.78 is 33.6. The van der Waals surface area contributed by atoms with E-state index in [0.717, 1.165) is 0 Å². The first-order chi connectivity index (χ1) is 8.80. The fourth-order valence-electron chi connectivity index (χ4n) is 2.28. The molecule has 0 bridgehead atoms. The van der Waals surface area contributed by atoms with Crippen molar-refractivity contribution in [2.24, 2.45) is 0 Å². The quantitative estimate of drug-likeness (QED) is 0.914. The molecule has 1 aliphatic heterocycles. The van der Waals surface area contributed by atoms with Crippen LogP contribution in [0.25, 0.3) is 0 Å². The van der Waals surface area contributed by atoms with Gasteiger partial charge in [-0.2, -0.15) is 0 Å². The van der Waals surface area contributed by atoms with Crippen molar-refractivity contribution in [2.45, 2.75) is 43.2 Å². The van der Waals surface area contributed by atoms with E-state index in [9.17, 15) is 8.42 Å². The van der Waals surface area contributed by atoms with Gasteiger partial charge in [-0.3, -0.25) is 0 Å². The summed E-state index contributed by atoms with van der Waals surface area (Å²) in [6.07, 6.45) is 1.38. The zero-order chi connectivity index (χ0) is 14.1. The lowest BCUT2D eigenvalue weighted by Gasteiger charge is -2.35. The molecule has 0 amide bonds. The highest BCUT2D eigenvalue weighted by molar-refractivity contribution is 9.10. The van der Waals surface area contributed by atoms with E-state index in [0.29, 0.717) is 23.9 Å². The smallest absolute Gasteiger partial charge is 0.241 e. The Morgan fingerprint density at radius 2 is 2.05 bits per heavy atom. The summed E-state index contributed by atoms with van der Waals surface area (Å²) in [5.74, 6) is 0. The van der Waals surface area contributed by atoms with E-state index in [4.69, 9.17) is 4.74 Å². The number of benzene rings is 1. The number of sulfonamides is 1. The second-order valence-corrected chi connectivity index (χ2v) is 7.89. The lowest BCUT2D eigenvalue weighted by Crippen LogP contribution is -2.45. The van der Waals surface area contributed by atoms with E-state index in [1.165, 1.54) is 0 Å². The van der Waals surface area contributed by atoms with Crippen molar-refractivity contribution in [3.05, 3.63) is 28.7 Å². The molecule has 1 aromatic carbocycles. The highest BCUT2D eigenvalue weighted by Crippen LogP contribution is 2.26. The molecule has 1 N–H and O–H groups in total. The molecule has 0 saturated carbocycles. The highest BCUT2D eigenvalue weighted by atomic mass is 79.9. The molecule has 0 radical (unpaired) electrons. The lowest BCUT2D eigenvalue weighted by atomic mass is 9.95. The van der Waals surface area contributed by atoms with Crippen molar-refractivity contribution >= 4 is 26.0 Å². The van der Waals surface area contributed by atoms with Crippen LogP contribution in [0.1, 0.15) is 26.7 Å². The van der Waals surface area contributed by atoms with Crippen LogP contribution >= 0.6 is 15.9 Å². The molecule has 1 heterocycles. The molecular formula is C13H18BrNO3S. The van der Waals surface area contributed by atoms with Gasteiger partial charge >= 0.3 is 0 Å². The molecule has 1 unspecified atom stereocenters. The number of halogens is 1. The number of hydrogen-bond donors (Lipinski definition) is 1. The largest absolute Gasteiger partial charge is 0.375 e. The fraction of sp³-hybridized carbons (Fsp3) is 0.538. The predicted octanol–water partition coefficient (Wildman–Crippen LogP) is 2.69. The summed E-state index contributed by atoms with van der Waals surface area (Å²) >= 11 is 3.28. The maximum absolute atomic E-state index is 12.4. The molecule has 1 saturated heterocycles. The average molecular weight is 348 g/mol. The Labute approximate surface area is 122 Å². The highest BCUT2D eigenvalue weighted by Gasteiger charge is 2.32. The fourth-order valence-corrected chi connectivity index (χ4v) is 4.55. The van der Waals surface area contributed by atoms with Gasteiger partial charge in [-0.05, 0) is 54.8 Å². The molecular weight excluding hydrogens is 330 g/mol. The van der Waals surface area contributed by atoms with Gasteiger partial charge in [-0.15, -0.1) is 0 Å². The molecule has 4 nitrogen and oxygen atoms in total. The lowest BCUT2D eigenvalue weighted by molar-refractivity contribution is -0.0599. The standard InChI is InChI=1S/C13H18BrNO3S/c1-13(2)9-10(7-8-18-13)15-19(16,17)12-6-4-3-5-11(12)14/h3-6,10,15H,7-9H2,1-2H3. The zero-order valence-electron chi connectivity index (χ0n) is 11.0. The van der Waals surface area contributed by atoms with Crippen molar-refractivity contribution in [3.8, 4) is 0 Å². The van der Waals surface area contributed by atoms with E-state index in [1.54, 1.807) is 24.3 Å². The van der Waals surface area contributed by atoms with E-state index in [2.05, 4.69) is 20.7 Å². The van der Waals surface area contributed by atoms with Gasteiger partial charge in [0.1, 0.15) is 0 Å². The summed E-state index contributed by atoms with van der Waals surface area (Å²) in [7, 11) is -3.49. The molecule has 19 heavy (non-hydrogen) atoms. The van der Waals surface area contributed by atoms with Crippen LogP contribution in [0.5, 0.6) is 0 Å². The molecule has 1 fully saturated rings. The number of nitrogens with one attached hydrogen (secondary N) is 1. The summed E-state index contributed by atoms with van der Waals surface area (Å²) in [4.78, 5) is 0.277. The van der Waals surface area contributed by atoms with E-state index < -0.39 is 10.0 Å². The van der Waals surface area contributed by atoms with Crippen molar-refractivity contribution in [3.63, 3.8) is 0 Å². The second kappa shape index (κ2) is 5.52. The van der Waals surface area contributed by atoms with Crippen LogP contribution in [0.3, 0.4) is 0 Å². The molecule has 1 atom stereocenters.